The van der Waals surface area contributed by atoms with Crippen LogP contribution in [0.25, 0.3) is 0 Å². The molecule has 2 rings (SSSR count). The van der Waals surface area contributed by atoms with Crippen LogP contribution in [0, 0.1) is 0 Å². The lowest BCUT2D eigenvalue weighted by Crippen LogP contribution is -2.20. The van der Waals surface area contributed by atoms with Gasteiger partial charge in [0.2, 0.25) is 0 Å². The number of halogens is 2. The van der Waals surface area contributed by atoms with Crippen molar-refractivity contribution in [2.45, 2.75) is 0 Å². The molecular weight excluding hydrogens is 388 g/mol. The summed E-state index contributed by atoms with van der Waals surface area (Å²) < 4.78 is 7.10. The van der Waals surface area contributed by atoms with Crippen LogP contribution >= 0.6 is 31.9 Å². The highest BCUT2D eigenvalue weighted by atomic mass is 79.9. The van der Waals surface area contributed by atoms with Gasteiger partial charge in [-0.25, -0.2) is 0 Å². The van der Waals surface area contributed by atoms with Gasteiger partial charge in [0.1, 0.15) is 5.75 Å². The SMILES string of the molecule is Nc1cc(Br)cc(OCC(=O)Nc2cccc(Br)c2)c1. The molecule has 6 heteroatoms. The van der Waals surface area contributed by atoms with Gasteiger partial charge in [-0.2, -0.15) is 0 Å². The molecule has 0 heterocycles. The molecule has 4 nitrogen and oxygen atoms in total. The number of nitrogens with one attached hydrogen (secondary N) is 1. The van der Waals surface area contributed by atoms with Crippen molar-refractivity contribution in [1.29, 1.82) is 0 Å². The Hall–Kier alpha value is -1.53. The molecule has 20 heavy (non-hydrogen) atoms. The third-order valence-electron chi connectivity index (χ3n) is 2.37. The first-order valence-electron chi connectivity index (χ1n) is 5.77. The molecule has 0 fully saturated rings. The Balaban J connectivity index is 1.92. The second-order valence-electron chi connectivity index (χ2n) is 4.07. The number of carbonyl (C=O) groups is 1. The zero-order valence-electron chi connectivity index (χ0n) is 10.4. The number of nitrogen functional groups attached to an aromatic ring is 1. The minimum absolute atomic E-state index is 0.0809. The van der Waals surface area contributed by atoms with Crippen LogP contribution in [-0.2, 0) is 4.79 Å². The summed E-state index contributed by atoms with van der Waals surface area (Å²) in [6, 6.07) is 12.5. The van der Waals surface area contributed by atoms with Gasteiger partial charge in [-0.1, -0.05) is 37.9 Å². The van der Waals surface area contributed by atoms with Crippen LogP contribution in [0.3, 0.4) is 0 Å². The molecule has 0 spiro atoms. The van der Waals surface area contributed by atoms with Gasteiger partial charge in [0.05, 0.1) is 0 Å². The second-order valence-corrected chi connectivity index (χ2v) is 5.90. The molecule has 3 N–H and O–H groups in total. The number of nitrogens with two attached hydrogens (primary N) is 1. The quantitative estimate of drug-likeness (QED) is 0.768. The summed E-state index contributed by atoms with van der Waals surface area (Å²) in [6.45, 7) is -0.0809. The van der Waals surface area contributed by atoms with Crippen molar-refractivity contribution >= 4 is 49.1 Å². The first-order chi connectivity index (χ1) is 9.52. The molecule has 0 unspecified atom stereocenters. The number of carbonyl (C=O) groups excluding carboxylic acids is 1. The zero-order chi connectivity index (χ0) is 14.5. The maximum atomic E-state index is 11.8. The maximum absolute atomic E-state index is 11.8. The molecule has 0 bridgehead atoms. The molecule has 0 aliphatic heterocycles. The van der Waals surface area contributed by atoms with Gasteiger partial charge in [-0.15, -0.1) is 0 Å². The van der Waals surface area contributed by atoms with Crippen molar-refractivity contribution in [3.8, 4) is 5.75 Å². The van der Waals surface area contributed by atoms with E-state index in [9.17, 15) is 4.79 Å². The largest absolute Gasteiger partial charge is 0.484 e. The lowest BCUT2D eigenvalue weighted by molar-refractivity contribution is -0.118. The molecule has 0 radical (unpaired) electrons. The molecule has 104 valence electrons. The van der Waals surface area contributed by atoms with Crippen LogP contribution in [0.1, 0.15) is 0 Å². The highest BCUT2D eigenvalue weighted by Gasteiger charge is 2.05. The molecule has 2 aromatic carbocycles. The first kappa shape index (κ1) is 14.9. The van der Waals surface area contributed by atoms with Crippen LogP contribution in [-0.4, -0.2) is 12.5 Å². The lowest BCUT2D eigenvalue weighted by Gasteiger charge is -2.08. The number of anilines is 2. The number of amides is 1. The Morgan fingerprint density at radius 2 is 1.95 bits per heavy atom. The van der Waals surface area contributed by atoms with Gasteiger partial charge >= 0.3 is 0 Å². The van der Waals surface area contributed by atoms with Crippen LogP contribution in [0.5, 0.6) is 5.75 Å². The Kier molecular flexibility index (Phi) is 5.03. The van der Waals surface area contributed by atoms with Crippen molar-refractivity contribution in [2.24, 2.45) is 0 Å². The molecule has 0 atom stereocenters. The highest BCUT2D eigenvalue weighted by molar-refractivity contribution is 9.10. The number of hydrogen-bond acceptors (Lipinski definition) is 3. The lowest BCUT2D eigenvalue weighted by atomic mass is 10.3. The molecule has 0 saturated heterocycles. The number of benzene rings is 2. The number of ether oxygens (including phenoxy) is 1. The Bertz CT molecular complexity index is 612. The fourth-order valence-corrected chi connectivity index (χ4v) is 2.47. The van der Waals surface area contributed by atoms with E-state index in [0.29, 0.717) is 17.1 Å². The monoisotopic (exact) mass is 398 g/mol. The van der Waals surface area contributed by atoms with Crippen molar-refractivity contribution in [1.82, 2.24) is 0 Å². The first-order valence-corrected chi connectivity index (χ1v) is 7.36. The van der Waals surface area contributed by atoms with Gasteiger partial charge in [0, 0.05) is 26.4 Å². The molecule has 1 amide bonds. The molecule has 2 aromatic rings. The molecule has 0 aromatic heterocycles. The minimum atomic E-state index is -0.235. The molecule has 0 aliphatic carbocycles. The minimum Gasteiger partial charge on any atom is -0.484 e. The van der Waals surface area contributed by atoms with E-state index in [-0.39, 0.29) is 12.5 Å². The van der Waals surface area contributed by atoms with Crippen LogP contribution < -0.4 is 15.8 Å². The number of rotatable bonds is 4. The van der Waals surface area contributed by atoms with Gasteiger partial charge in [-0.3, -0.25) is 4.79 Å². The third kappa shape index (κ3) is 4.54. The number of hydrogen-bond donors (Lipinski definition) is 2. The smallest absolute Gasteiger partial charge is 0.262 e. The summed E-state index contributed by atoms with van der Waals surface area (Å²) >= 11 is 6.66. The van der Waals surface area contributed by atoms with E-state index in [2.05, 4.69) is 37.2 Å². The molecule has 0 aliphatic rings. The second kappa shape index (κ2) is 6.76. The van der Waals surface area contributed by atoms with E-state index >= 15 is 0 Å². The van der Waals surface area contributed by atoms with Gasteiger partial charge in [0.15, 0.2) is 6.61 Å². The topological polar surface area (TPSA) is 64.3 Å². The average molecular weight is 400 g/mol. The van der Waals surface area contributed by atoms with E-state index in [4.69, 9.17) is 10.5 Å². The van der Waals surface area contributed by atoms with E-state index < -0.39 is 0 Å². The van der Waals surface area contributed by atoms with Crippen molar-refractivity contribution in [3.05, 3.63) is 51.4 Å². The summed E-state index contributed by atoms with van der Waals surface area (Å²) in [7, 11) is 0. The Morgan fingerprint density at radius 3 is 2.65 bits per heavy atom. The molecular formula is C14H12Br2N2O2. The van der Waals surface area contributed by atoms with Crippen molar-refractivity contribution in [2.75, 3.05) is 17.7 Å². The summed E-state index contributed by atoms with van der Waals surface area (Å²) in [6.07, 6.45) is 0. The molecule has 0 saturated carbocycles. The summed E-state index contributed by atoms with van der Waals surface area (Å²) in [5, 5.41) is 2.75. The zero-order valence-corrected chi connectivity index (χ0v) is 13.6. The van der Waals surface area contributed by atoms with Gasteiger partial charge in [0.25, 0.3) is 5.91 Å². The summed E-state index contributed by atoms with van der Waals surface area (Å²) in [5.41, 5.74) is 6.97. The Morgan fingerprint density at radius 1 is 1.15 bits per heavy atom. The standard InChI is InChI=1S/C14H12Br2N2O2/c15-9-2-1-3-12(5-9)18-14(19)8-20-13-6-10(16)4-11(17)7-13/h1-7H,8,17H2,(H,18,19). The fraction of sp³-hybridized carbons (Fsp3) is 0.0714. The normalized spacial score (nSPS) is 10.1. The van der Waals surface area contributed by atoms with Crippen molar-refractivity contribution in [3.63, 3.8) is 0 Å². The summed E-state index contributed by atoms with van der Waals surface area (Å²) in [5.74, 6) is 0.308. The van der Waals surface area contributed by atoms with Crippen LogP contribution in [0.15, 0.2) is 51.4 Å². The van der Waals surface area contributed by atoms with E-state index in [1.165, 1.54) is 0 Å². The van der Waals surface area contributed by atoms with Crippen LogP contribution in [0.4, 0.5) is 11.4 Å². The van der Waals surface area contributed by atoms with Gasteiger partial charge in [-0.05, 0) is 30.3 Å². The van der Waals surface area contributed by atoms with Crippen LogP contribution in [0.2, 0.25) is 0 Å². The maximum Gasteiger partial charge on any atom is 0.262 e. The van der Waals surface area contributed by atoms with Crippen molar-refractivity contribution < 1.29 is 9.53 Å². The predicted molar refractivity (Wildman–Crippen MR) is 86.8 cm³/mol. The average Bonchev–Trinajstić information content (AvgIpc) is 2.35. The fourth-order valence-electron chi connectivity index (χ4n) is 1.58. The van der Waals surface area contributed by atoms with Gasteiger partial charge < -0.3 is 15.8 Å². The van der Waals surface area contributed by atoms with E-state index in [1.54, 1.807) is 24.3 Å². The van der Waals surface area contributed by atoms with E-state index in [0.717, 1.165) is 8.95 Å². The third-order valence-corrected chi connectivity index (χ3v) is 3.32. The summed E-state index contributed by atoms with van der Waals surface area (Å²) in [4.78, 5) is 11.8. The van der Waals surface area contributed by atoms with E-state index in [1.807, 2.05) is 18.2 Å². The highest BCUT2D eigenvalue weighted by Crippen LogP contribution is 2.22. The predicted octanol–water partition coefficient (Wildman–Crippen LogP) is 3.81. The Labute approximate surface area is 133 Å².